The molecule has 22 heavy (non-hydrogen) atoms. The van der Waals surface area contributed by atoms with Crippen molar-refractivity contribution >= 4 is 23.6 Å². The Kier molecular flexibility index (Phi) is 5.67. The van der Waals surface area contributed by atoms with E-state index in [1.807, 2.05) is 6.07 Å². The number of hydrogen-bond donors (Lipinski definition) is 0. The number of methoxy groups -OCH3 is 1. The van der Waals surface area contributed by atoms with Crippen LogP contribution < -0.4 is 4.74 Å². The summed E-state index contributed by atoms with van der Waals surface area (Å²) >= 11 is 1.50. The van der Waals surface area contributed by atoms with E-state index in [9.17, 15) is 9.59 Å². The van der Waals surface area contributed by atoms with Crippen molar-refractivity contribution in [2.75, 3.05) is 32.6 Å². The van der Waals surface area contributed by atoms with E-state index in [2.05, 4.69) is 0 Å². The minimum Gasteiger partial charge on any atom is -0.484 e. The van der Waals surface area contributed by atoms with Crippen LogP contribution in [0.3, 0.4) is 0 Å². The second kappa shape index (κ2) is 7.71. The number of carbonyl (C=O) groups excluding carboxylic acids is 2. The van der Waals surface area contributed by atoms with Gasteiger partial charge in [0, 0.05) is 18.8 Å². The molecule has 0 radical (unpaired) electrons. The summed E-state index contributed by atoms with van der Waals surface area (Å²) in [5.74, 6) is 0.750. The molecule has 1 aliphatic heterocycles. The topological polar surface area (TPSA) is 79.6 Å². The van der Waals surface area contributed by atoms with Crippen LogP contribution in [-0.2, 0) is 14.3 Å². The van der Waals surface area contributed by atoms with Crippen LogP contribution in [0.25, 0.3) is 0 Å². The van der Waals surface area contributed by atoms with Crippen molar-refractivity contribution in [3.05, 3.63) is 29.8 Å². The third kappa shape index (κ3) is 4.15. The fourth-order valence-corrected chi connectivity index (χ4v) is 3.14. The third-order valence-corrected chi connectivity index (χ3v) is 4.39. The maximum atomic E-state index is 12.1. The zero-order valence-electron chi connectivity index (χ0n) is 12.2. The molecule has 0 bridgehead atoms. The van der Waals surface area contributed by atoms with E-state index in [4.69, 9.17) is 14.7 Å². The van der Waals surface area contributed by atoms with E-state index in [1.165, 1.54) is 18.9 Å². The molecule has 2 rings (SSSR count). The molecule has 116 valence electrons. The monoisotopic (exact) mass is 320 g/mol. The molecule has 0 aliphatic carbocycles. The highest BCUT2D eigenvalue weighted by Crippen LogP contribution is 2.20. The Morgan fingerprint density at radius 1 is 1.41 bits per heavy atom. The van der Waals surface area contributed by atoms with Gasteiger partial charge in [-0.25, -0.2) is 0 Å². The van der Waals surface area contributed by atoms with Crippen LogP contribution in [0.4, 0.5) is 0 Å². The number of esters is 1. The maximum absolute atomic E-state index is 12.1. The summed E-state index contributed by atoms with van der Waals surface area (Å²) in [4.78, 5) is 25.3. The predicted octanol–water partition coefficient (Wildman–Crippen LogP) is 1.05. The van der Waals surface area contributed by atoms with Gasteiger partial charge in [-0.15, -0.1) is 11.8 Å². The SMILES string of the molecule is COC(=O)[C@H]1CN(C(=O)COc2ccc(C#N)cc2)CCS1. The fraction of sp³-hybridized carbons (Fsp3) is 0.400. The highest BCUT2D eigenvalue weighted by molar-refractivity contribution is 8.00. The number of carbonyl (C=O) groups is 2. The lowest BCUT2D eigenvalue weighted by molar-refractivity contribution is -0.141. The van der Waals surface area contributed by atoms with Gasteiger partial charge in [-0.05, 0) is 24.3 Å². The smallest absolute Gasteiger partial charge is 0.320 e. The van der Waals surface area contributed by atoms with Crippen LogP contribution in [0.15, 0.2) is 24.3 Å². The number of ether oxygens (including phenoxy) is 2. The third-order valence-electron chi connectivity index (χ3n) is 3.23. The lowest BCUT2D eigenvalue weighted by Crippen LogP contribution is -2.46. The van der Waals surface area contributed by atoms with Crippen molar-refractivity contribution < 1.29 is 19.1 Å². The highest BCUT2D eigenvalue weighted by Gasteiger charge is 2.29. The Morgan fingerprint density at radius 2 is 2.14 bits per heavy atom. The van der Waals surface area contributed by atoms with Crippen molar-refractivity contribution in [3.63, 3.8) is 0 Å². The summed E-state index contributed by atoms with van der Waals surface area (Å²) in [6.45, 7) is 0.838. The summed E-state index contributed by atoms with van der Waals surface area (Å²) < 4.78 is 10.1. The van der Waals surface area contributed by atoms with Gasteiger partial charge in [-0.1, -0.05) is 0 Å². The number of nitriles is 1. The molecular formula is C15H16N2O4S. The average Bonchev–Trinajstić information content (AvgIpc) is 2.59. The standard InChI is InChI=1S/C15H16N2O4S/c1-20-15(19)13-9-17(6-7-22-13)14(18)10-21-12-4-2-11(8-16)3-5-12/h2-5,13H,6-7,9-10H2,1H3/t13-/m1/s1. The Hall–Kier alpha value is -2.20. The van der Waals surface area contributed by atoms with Gasteiger partial charge >= 0.3 is 5.97 Å². The Bertz CT molecular complexity index is 582. The van der Waals surface area contributed by atoms with Crippen molar-refractivity contribution in [1.29, 1.82) is 5.26 Å². The largest absolute Gasteiger partial charge is 0.484 e. The Labute approximate surface area is 133 Å². The first kappa shape index (κ1) is 16.2. The average molecular weight is 320 g/mol. The Morgan fingerprint density at radius 3 is 2.77 bits per heavy atom. The van der Waals surface area contributed by atoms with Crippen molar-refractivity contribution in [2.24, 2.45) is 0 Å². The summed E-state index contributed by atoms with van der Waals surface area (Å²) in [6.07, 6.45) is 0. The quantitative estimate of drug-likeness (QED) is 0.772. The van der Waals surface area contributed by atoms with Crippen LogP contribution in [0.2, 0.25) is 0 Å². The molecule has 0 spiro atoms. The van der Waals surface area contributed by atoms with Gasteiger partial charge in [0.05, 0.1) is 18.7 Å². The molecule has 1 heterocycles. The molecule has 1 aromatic carbocycles. The first-order valence-electron chi connectivity index (χ1n) is 6.74. The zero-order valence-corrected chi connectivity index (χ0v) is 13.0. The molecule has 1 atom stereocenters. The van der Waals surface area contributed by atoms with E-state index in [0.29, 0.717) is 30.2 Å². The second-order valence-corrected chi connectivity index (χ2v) is 5.96. The van der Waals surface area contributed by atoms with Crippen LogP contribution in [0.1, 0.15) is 5.56 Å². The highest BCUT2D eigenvalue weighted by atomic mass is 32.2. The molecule has 0 unspecified atom stereocenters. The van der Waals surface area contributed by atoms with Crippen molar-refractivity contribution in [1.82, 2.24) is 4.90 Å². The van der Waals surface area contributed by atoms with Crippen LogP contribution >= 0.6 is 11.8 Å². The van der Waals surface area contributed by atoms with Crippen LogP contribution in [-0.4, -0.2) is 54.6 Å². The lowest BCUT2D eigenvalue weighted by atomic mass is 10.2. The summed E-state index contributed by atoms with van der Waals surface area (Å²) in [7, 11) is 1.34. The van der Waals surface area contributed by atoms with Gasteiger partial charge in [-0.2, -0.15) is 5.26 Å². The maximum Gasteiger partial charge on any atom is 0.320 e. The molecule has 0 N–H and O–H groups in total. The van der Waals surface area contributed by atoms with Crippen LogP contribution in [0.5, 0.6) is 5.75 Å². The zero-order chi connectivity index (χ0) is 15.9. The van der Waals surface area contributed by atoms with Gasteiger partial charge in [0.1, 0.15) is 11.0 Å². The molecular weight excluding hydrogens is 304 g/mol. The first-order valence-corrected chi connectivity index (χ1v) is 7.79. The predicted molar refractivity (Wildman–Crippen MR) is 81.5 cm³/mol. The molecule has 1 aromatic rings. The number of benzene rings is 1. The van der Waals surface area contributed by atoms with E-state index in [1.54, 1.807) is 29.2 Å². The van der Waals surface area contributed by atoms with Gasteiger partial charge in [0.25, 0.3) is 5.91 Å². The number of nitrogens with zero attached hydrogens (tertiary/aromatic N) is 2. The molecule has 6 nitrogen and oxygen atoms in total. The molecule has 1 aliphatic rings. The molecule has 1 amide bonds. The normalized spacial score (nSPS) is 17.5. The molecule has 1 fully saturated rings. The van der Waals surface area contributed by atoms with Crippen molar-refractivity contribution in [2.45, 2.75) is 5.25 Å². The summed E-state index contributed by atoms with van der Waals surface area (Å²) in [6, 6.07) is 8.57. The lowest BCUT2D eigenvalue weighted by Gasteiger charge is -2.30. The minimum absolute atomic E-state index is 0.0928. The van der Waals surface area contributed by atoms with Gasteiger partial charge in [0.2, 0.25) is 0 Å². The van der Waals surface area contributed by atoms with Gasteiger partial charge < -0.3 is 14.4 Å². The number of amides is 1. The van der Waals surface area contributed by atoms with Crippen LogP contribution in [0, 0.1) is 11.3 Å². The summed E-state index contributed by atoms with van der Waals surface area (Å²) in [5, 5.41) is 8.38. The van der Waals surface area contributed by atoms with Gasteiger partial charge in [0.15, 0.2) is 6.61 Å². The molecule has 0 aromatic heterocycles. The second-order valence-electron chi connectivity index (χ2n) is 4.65. The molecule has 0 saturated carbocycles. The first-order chi connectivity index (χ1) is 10.6. The number of hydrogen-bond acceptors (Lipinski definition) is 6. The fourth-order valence-electron chi connectivity index (χ4n) is 2.01. The number of thioether (sulfide) groups is 1. The molecule has 1 saturated heterocycles. The van der Waals surface area contributed by atoms with E-state index >= 15 is 0 Å². The van der Waals surface area contributed by atoms with Gasteiger partial charge in [-0.3, -0.25) is 9.59 Å². The Balaban J connectivity index is 1.86. The molecule has 7 heteroatoms. The van der Waals surface area contributed by atoms with E-state index < -0.39 is 0 Å². The van der Waals surface area contributed by atoms with E-state index in [0.717, 1.165) is 0 Å². The van der Waals surface area contributed by atoms with Crippen molar-refractivity contribution in [3.8, 4) is 11.8 Å². The summed E-state index contributed by atoms with van der Waals surface area (Å²) in [5.41, 5.74) is 0.535. The minimum atomic E-state index is -0.336. The number of rotatable bonds is 4. The van der Waals surface area contributed by atoms with E-state index in [-0.39, 0.29) is 23.7 Å².